The summed E-state index contributed by atoms with van der Waals surface area (Å²) in [5, 5.41) is 19.3. The first-order chi connectivity index (χ1) is 11.3. The Morgan fingerprint density at radius 1 is 1.38 bits per heavy atom. The van der Waals surface area contributed by atoms with Crippen LogP contribution in [0.4, 0.5) is 0 Å². The number of aliphatic hydroxyl groups is 1. The first-order valence-electron chi connectivity index (χ1n) is 7.94. The number of benzene rings is 1. The van der Waals surface area contributed by atoms with Crippen molar-refractivity contribution in [1.82, 2.24) is 15.5 Å². The molecule has 0 aliphatic heterocycles. The molecule has 1 atom stereocenters. The van der Waals surface area contributed by atoms with E-state index in [0.29, 0.717) is 23.6 Å². The standard InChI is InChI=1S/C18H25N3O3/c1-18(2,3)10-12(11-22)19-17(23)15-9-14(20-21-15)13-7-5-6-8-16(13)24-4/h5-9,12,22H,10-11H2,1-4H3,(H,19,23)(H,20,21). The van der Waals surface area contributed by atoms with Crippen LogP contribution in [0, 0.1) is 5.41 Å². The van der Waals surface area contributed by atoms with E-state index in [1.165, 1.54) is 0 Å². The van der Waals surface area contributed by atoms with Gasteiger partial charge in [0.15, 0.2) is 0 Å². The maximum absolute atomic E-state index is 12.4. The maximum atomic E-state index is 12.4. The molecule has 6 nitrogen and oxygen atoms in total. The van der Waals surface area contributed by atoms with Crippen molar-refractivity contribution >= 4 is 5.91 Å². The van der Waals surface area contributed by atoms with Crippen molar-refractivity contribution in [2.75, 3.05) is 13.7 Å². The number of carbonyl (C=O) groups excluding carboxylic acids is 1. The molecule has 1 aromatic heterocycles. The van der Waals surface area contributed by atoms with E-state index in [4.69, 9.17) is 4.74 Å². The van der Waals surface area contributed by atoms with Gasteiger partial charge in [-0.05, 0) is 30.0 Å². The molecule has 130 valence electrons. The van der Waals surface area contributed by atoms with Gasteiger partial charge in [-0.3, -0.25) is 9.89 Å². The van der Waals surface area contributed by atoms with E-state index in [-0.39, 0.29) is 24.0 Å². The number of nitrogens with zero attached hydrogens (tertiary/aromatic N) is 1. The van der Waals surface area contributed by atoms with E-state index in [1.54, 1.807) is 13.2 Å². The third kappa shape index (κ3) is 4.58. The zero-order chi connectivity index (χ0) is 17.7. The number of rotatable bonds is 6. The third-order valence-corrected chi connectivity index (χ3v) is 3.62. The lowest BCUT2D eigenvalue weighted by Gasteiger charge is -2.25. The second kappa shape index (κ2) is 7.49. The zero-order valence-corrected chi connectivity index (χ0v) is 14.6. The highest BCUT2D eigenvalue weighted by atomic mass is 16.5. The largest absolute Gasteiger partial charge is 0.496 e. The Kier molecular flexibility index (Phi) is 5.62. The molecule has 2 rings (SSSR count). The van der Waals surface area contributed by atoms with Crippen LogP contribution in [-0.2, 0) is 0 Å². The topological polar surface area (TPSA) is 87.2 Å². The first kappa shape index (κ1) is 18.0. The van der Waals surface area contributed by atoms with Crippen LogP contribution in [-0.4, -0.2) is 41.0 Å². The van der Waals surface area contributed by atoms with Gasteiger partial charge in [-0.2, -0.15) is 5.10 Å². The second-order valence-corrected chi connectivity index (χ2v) is 6.98. The molecular formula is C18H25N3O3. The summed E-state index contributed by atoms with van der Waals surface area (Å²) in [6.45, 7) is 6.10. The molecule has 0 saturated carbocycles. The lowest BCUT2D eigenvalue weighted by molar-refractivity contribution is 0.0892. The monoisotopic (exact) mass is 331 g/mol. The number of para-hydroxylation sites is 1. The van der Waals surface area contributed by atoms with Crippen LogP contribution in [0.3, 0.4) is 0 Å². The molecule has 6 heteroatoms. The fourth-order valence-corrected chi connectivity index (χ4v) is 2.60. The van der Waals surface area contributed by atoms with Gasteiger partial charge in [0.05, 0.1) is 25.5 Å². The Hall–Kier alpha value is -2.34. The minimum absolute atomic E-state index is 0.0111. The van der Waals surface area contributed by atoms with Crippen molar-refractivity contribution < 1.29 is 14.6 Å². The SMILES string of the molecule is COc1ccccc1-c1cc(C(=O)NC(CO)CC(C)(C)C)[nH]n1. The molecular weight excluding hydrogens is 306 g/mol. The fourth-order valence-electron chi connectivity index (χ4n) is 2.60. The van der Waals surface area contributed by atoms with Crippen LogP contribution in [0.25, 0.3) is 11.3 Å². The van der Waals surface area contributed by atoms with Crippen LogP contribution in [0.1, 0.15) is 37.7 Å². The molecule has 3 N–H and O–H groups in total. The molecule has 0 bridgehead atoms. The highest BCUT2D eigenvalue weighted by Crippen LogP contribution is 2.28. The Bertz CT molecular complexity index is 689. The number of hydrogen-bond acceptors (Lipinski definition) is 4. The van der Waals surface area contributed by atoms with E-state index in [1.807, 2.05) is 24.3 Å². The van der Waals surface area contributed by atoms with E-state index < -0.39 is 0 Å². The number of methoxy groups -OCH3 is 1. The maximum Gasteiger partial charge on any atom is 0.269 e. The van der Waals surface area contributed by atoms with Crippen molar-refractivity contribution in [1.29, 1.82) is 0 Å². The van der Waals surface area contributed by atoms with Crippen molar-refractivity contribution in [3.8, 4) is 17.0 Å². The van der Waals surface area contributed by atoms with E-state index in [0.717, 1.165) is 5.56 Å². The highest BCUT2D eigenvalue weighted by Gasteiger charge is 2.21. The zero-order valence-electron chi connectivity index (χ0n) is 14.6. The van der Waals surface area contributed by atoms with Crippen molar-refractivity contribution in [2.45, 2.75) is 33.2 Å². The normalized spacial score (nSPS) is 12.7. The van der Waals surface area contributed by atoms with Crippen molar-refractivity contribution in [3.05, 3.63) is 36.0 Å². The van der Waals surface area contributed by atoms with Gasteiger partial charge < -0.3 is 15.2 Å². The van der Waals surface area contributed by atoms with E-state index in [2.05, 4.69) is 36.3 Å². The lowest BCUT2D eigenvalue weighted by atomic mass is 9.88. The number of hydrogen-bond donors (Lipinski definition) is 3. The minimum atomic E-state index is -0.296. The van der Waals surface area contributed by atoms with Gasteiger partial charge in [0.25, 0.3) is 5.91 Å². The number of H-pyrrole nitrogens is 1. The molecule has 0 aliphatic rings. The van der Waals surface area contributed by atoms with Crippen LogP contribution < -0.4 is 10.1 Å². The van der Waals surface area contributed by atoms with Crippen LogP contribution in [0.2, 0.25) is 0 Å². The molecule has 1 unspecified atom stereocenters. The highest BCUT2D eigenvalue weighted by molar-refractivity contribution is 5.93. The minimum Gasteiger partial charge on any atom is -0.496 e. The van der Waals surface area contributed by atoms with Crippen LogP contribution in [0.15, 0.2) is 30.3 Å². The molecule has 1 aromatic carbocycles. The summed E-state index contributed by atoms with van der Waals surface area (Å²) in [7, 11) is 1.59. The van der Waals surface area contributed by atoms with Gasteiger partial charge in [0.2, 0.25) is 0 Å². The number of carbonyl (C=O) groups is 1. The average molecular weight is 331 g/mol. The van der Waals surface area contributed by atoms with Gasteiger partial charge in [0, 0.05) is 5.56 Å². The van der Waals surface area contributed by atoms with Gasteiger partial charge in [-0.15, -0.1) is 0 Å². The summed E-state index contributed by atoms with van der Waals surface area (Å²) in [4.78, 5) is 12.4. The second-order valence-electron chi connectivity index (χ2n) is 6.98. The van der Waals surface area contributed by atoms with Crippen molar-refractivity contribution in [2.24, 2.45) is 5.41 Å². The Morgan fingerprint density at radius 3 is 2.71 bits per heavy atom. The number of aromatic amines is 1. The predicted octanol–water partition coefficient (Wildman–Crippen LogP) is 2.61. The summed E-state index contributed by atoms with van der Waals surface area (Å²) in [5.74, 6) is 0.406. The number of ether oxygens (including phenoxy) is 1. The van der Waals surface area contributed by atoms with Crippen LogP contribution in [0.5, 0.6) is 5.75 Å². The smallest absolute Gasteiger partial charge is 0.269 e. The molecule has 0 saturated heterocycles. The van der Waals surface area contributed by atoms with Gasteiger partial charge in [0.1, 0.15) is 11.4 Å². The van der Waals surface area contributed by atoms with Gasteiger partial charge in [-0.25, -0.2) is 0 Å². The van der Waals surface area contributed by atoms with Crippen LogP contribution >= 0.6 is 0 Å². The Morgan fingerprint density at radius 2 is 2.08 bits per heavy atom. The summed E-state index contributed by atoms with van der Waals surface area (Å²) >= 11 is 0. The third-order valence-electron chi connectivity index (χ3n) is 3.62. The molecule has 24 heavy (non-hydrogen) atoms. The molecule has 1 heterocycles. The molecule has 0 aliphatic carbocycles. The molecule has 0 radical (unpaired) electrons. The first-order valence-corrected chi connectivity index (χ1v) is 7.94. The van der Waals surface area contributed by atoms with Crippen molar-refractivity contribution in [3.63, 3.8) is 0 Å². The molecule has 1 amide bonds. The number of aliphatic hydroxyl groups excluding tert-OH is 1. The van der Waals surface area contributed by atoms with Gasteiger partial charge >= 0.3 is 0 Å². The summed E-state index contributed by atoms with van der Waals surface area (Å²) in [6, 6.07) is 8.87. The lowest BCUT2D eigenvalue weighted by Crippen LogP contribution is -2.40. The quantitative estimate of drug-likeness (QED) is 0.759. The Balaban J connectivity index is 2.13. The molecule has 0 fully saturated rings. The van der Waals surface area contributed by atoms with E-state index in [9.17, 15) is 9.90 Å². The van der Waals surface area contributed by atoms with Gasteiger partial charge in [-0.1, -0.05) is 32.9 Å². The number of amides is 1. The molecule has 2 aromatic rings. The average Bonchev–Trinajstić information content (AvgIpc) is 3.02. The number of nitrogens with one attached hydrogen (secondary N) is 2. The summed E-state index contributed by atoms with van der Waals surface area (Å²) < 4.78 is 5.32. The number of aromatic nitrogens is 2. The fraction of sp³-hybridized carbons (Fsp3) is 0.444. The van der Waals surface area contributed by atoms with E-state index >= 15 is 0 Å². The summed E-state index contributed by atoms with van der Waals surface area (Å²) in [6.07, 6.45) is 0.683. The summed E-state index contributed by atoms with van der Waals surface area (Å²) in [5.41, 5.74) is 1.80. The predicted molar refractivity (Wildman–Crippen MR) is 93.0 cm³/mol. The molecule has 0 spiro atoms. The Labute approximate surface area is 142 Å².